The first-order valence-electron chi connectivity index (χ1n) is 8.25. The molecule has 2 aromatic rings. The van der Waals surface area contributed by atoms with Crippen molar-refractivity contribution in [3.8, 4) is 0 Å². The Labute approximate surface area is 164 Å². The van der Waals surface area contributed by atoms with Crippen LogP contribution in [0.2, 0.25) is 0 Å². The molecule has 0 fully saturated rings. The normalized spacial score (nSPS) is 12.8. The van der Waals surface area contributed by atoms with Crippen LogP contribution in [0.15, 0.2) is 39.5 Å². The van der Waals surface area contributed by atoms with Crippen molar-refractivity contribution in [2.45, 2.75) is 31.0 Å². The predicted molar refractivity (Wildman–Crippen MR) is 101 cm³/mol. The van der Waals surface area contributed by atoms with E-state index < -0.39 is 21.9 Å². The average molecular weight is 435 g/mol. The van der Waals surface area contributed by atoms with Crippen molar-refractivity contribution in [2.24, 2.45) is 10.1 Å². The Morgan fingerprint density at radius 3 is 2.68 bits per heavy atom. The zero-order valence-electron chi connectivity index (χ0n) is 15.0. The predicted octanol–water partition coefficient (Wildman–Crippen LogP) is 2.11. The number of hydrogen-bond donors (Lipinski definition) is 3. The van der Waals surface area contributed by atoms with E-state index in [-0.39, 0.29) is 11.4 Å². The van der Waals surface area contributed by atoms with Gasteiger partial charge in [-0.15, -0.1) is 11.3 Å². The van der Waals surface area contributed by atoms with Gasteiger partial charge in [0, 0.05) is 24.9 Å². The summed E-state index contributed by atoms with van der Waals surface area (Å²) in [6, 6.07) is 6.13. The second kappa shape index (κ2) is 9.34. The van der Waals surface area contributed by atoms with E-state index in [1.807, 2.05) is 6.92 Å². The van der Waals surface area contributed by atoms with Gasteiger partial charge in [0.25, 0.3) is 0 Å². The highest BCUT2D eigenvalue weighted by atomic mass is 32.2. The molecule has 154 valence electrons. The molecular weight excluding hydrogens is 415 g/mol. The van der Waals surface area contributed by atoms with E-state index in [2.05, 4.69) is 20.6 Å². The summed E-state index contributed by atoms with van der Waals surface area (Å²) in [7, 11) is -3.79. The number of rotatable bonds is 7. The molecule has 0 spiro atoms. The monoisotopic (exact) mass is 435 g/mol. The van der Waals surface area contributed by atoms with Crippen LogP contribution in [0.5, 0.6) is 0 Å². The highest BCUT2D eigenvalue weighted by molar-refractivity contribution is 7.89. The second-order valence-electron chi connectivity index (χ2n) is 5.69. The average Bonchev–Trinajstić information content (AvgIpc) is 3.08. The summed E-state index contributed by atoms with van der Waals surface area (Å²) in [5.74, 6) is 0.455. The van der Waals surface area contributed by atoms with Gasteiger partial charge < -0.3 is 10.6 Å². The third kappa shape index (κ3) is 6.77. The van der Waals surface area contributed by atoms with Gasteiger partial charge >= 0.3 is 6.18 Å². The lowest BCUT2D eigenvalue weighted by Crippen LogP contribution is -2.38. The minimum atomic E-state index is -4.44. The fourth-order valence-electron chi connectivity index (χ4n) is 2.18. The molecule has 28 heavy (non-hydrogen) atoms. The maximum atomic E-state index is 12.6. The molecule has 0 radical (unpaired) electrons. The summed E-state index contributed by atoms with van der Waals surface area (Å²) in [5.41, 5.74) is -0.235. The standard InChI is InChI=1S/C16H20F3N5O2S2/c1-2-21-15(22-7-6-14-24-13(10-27-14)16(17,18)19)23-9-11-4-3-5-12(8-11)28(20,25)26/h3-5,8,10H,2,6-7,9H2,1H3,(H2,20,25,26)(H2,21,22,23). The molecule has 1 heterocycles. The van der Waals surface area contributed by atoms with Crippen LogP contribution in [0.3, 0.4) is 0 Å². The molecular formula is C16H20F3N5O2S2. The topological polar surface area (TPSA) is 109 Å². The van der Waals surface area contributed by atoms with Gasteiger partial charge in [0.1, 0.15) is 0 Å². The quantitative estimate of drug-likeness (QED) is 0.456. The Bertz CT molecular complexity index is 926. The highest BCUT2D eigenvalue weighted by Gasteiger charge is 2.33. The summed E-state index contributed by atoms with van der Waals surface area (Å²) in [6.07, 6.45) is -4.13. The number of sulfonamides is 1. The van der Waals surface area contributed by atoms with Gasteiger partial charge in [0.15, 0.2) is 11.7 Å². The first-order valence-corrected chi connectivity index (χ1v) is 10.7. The molecule has 2 rings (SSSR count). The Balaban J connectivity index is 1.96. The number of hydrogen-bond acceptors (Lipinski definition) is 5. The lowest BCUT2D eigenvalue weighted by molar-refractivity contribution is -0.140. The molecule has 4 N–H and O–H groups in total. The third-order valence-corrected chi connectivity index (χ3v) is 5.28. The van der Waals surface area contributed by atoms with Crippen LogP contribution in [-0.4, -0.2) is 32.5 Å². The lowest BCUT2D eigenvalue weighted by atomic mass is 10.2. The second-order valence-corrected chi connectivity index (χ2v) is 8.19. The Hall–Kier alpha value is -2.18. The SMILES string of the molecule is CCNC(=NCc1cccc(S(N)(=O)=O)c1)NCCc1nc(C(F)(F)F)cs1. The minimum Gasteiger partial charge on any atom is -0.357 e. The minimum absolute atomic E-state index is 0.00222. The van der Waals surface area contributed by atoms with Crippen molar-refractivity contribution < 1.29 is 21.6 Å². The molecule has 0 aliphatic carbocycles. The number of benzene rings is 1. The van der Waals surface area contributed by atoms with Gasteiger partial charge in [0.2, 0.25) is 10.0 Å². The van der Waals surface area contributed by atoms with Crippen LogP contribution < -0.4 is 15.8 Å². The first-order chi connectivity index (χ1) is 13.1. The molecule has 0 aliphatic rings. The van der Waals surface area contributed by atoms with Gasteiger partial charge in [0.05, 0.1) is 16.4 Å². The number of nitrogens with zero attached hydrogens (tertiary/aromatic N) is 2. The van der Waals surface area contributed by atoms with E-state index in [9.17, 15) is 21.6 Å². The van der Waals surface area contributed by atoms with Crippen LogP contribution in [0.1, 0.15) is 23.2 Å². The molecule has 0 amide bonds. The third-order valence-electron chi connectivity index (χ3n) is 3.46. The van der Waals surface area contributed by atoms with Crippen molar-refractivity contribution in [1.82, 2.24) is 15.6 Å². The molecule has 1 aromatic heterocycles. The fourth-order valence-corrected chi connectivity index (χ4v) is 3.57. The maximum Gasteiger partial charge on any atom is 0.434 e. The number of guanidine groups is 1. The van der Waals surface area contributed by atoms with Gasteiger partial charge in [-0.1, -0.05) is 12.1 Å². The van der Waals surface area contributed by atoms with Crippen LogP contribution in [-0.2, 0) is 29.2 Å². The number of nitrogens with one attached hydrogen (secondary N) is 2. The smallest absolute Gasteiger partial charge is 0.357 e. The number of aliphatic imine (C=N–C) groups is 1. The number of halogens is 3. The van der Waals surface area contributed by atoms with Gasteiger partial charge in [-0.3, -0.25) is 0 Å². The van der Waals surface area contributed by atoms with E-state index in [0.29, 0.717) is 36.0 Å². The van der Waals surface area contributed by atoms with E-state index in [4.69, 9.17) is 5.14 Å². The van der Waals surface area contributed by atoms with Gasteiger partial charge in [-0.2, -0.15) is 13.2 Å². The fraction of sp³-hybridized carbons (Fsp3) is 0.375. The van der Waals surface area contributed by atoms with Crippen molar-refractivity contribution in [3.63, 3.8) is 0 Å². The summed E-state index contributed by atoms with van der Waals surface area (Å²) in [6.45, 7) is 3.00. The number of nitrogens with two attached hydrogens (primary N) is 1. The van der Waals surface area contributed by atoms with Gasteiger partial charge in [-0.25, -0.2) is 23.5 Å². The van der Waals surface area contributed by atoms with E-state index in [1.165, 1.54) is 12.1 Å². The largest absolute Gasteiger partial charge is 0.434 e. The van der Waals surface area contributed by atoms with Crippen LogP contribution in [0, 0.1) is 0 Å². The van der Waals surface area contributed by atoms with Crippen molar-refractivity contribution in [2.75, 3.05) is 13.1 Å². The maximum absolute atomic E-state index is 12.6. The summed E-state index contributed by atoms with van der Waals surface area (Å²) < 4.78 is 60.5. The number of aromatic nitrogens is 1. The molecule has 7 nitrogen and oxygen atoms in total. The number of alkyl halides is 3. The van der Waals surface area contributed by atoms with Crippen molar-refractivity contribution in [1.29, 1.82) is 0 Å². The Morgan fingerprint density at radius 2 is 2.07 bits per heavy atom. The first kappa shape index (κ1) is 22.1. The summed E-state index contributed by atoms with van der Waals surface area (Å²) >= 11 is 0.955. The van der Waals surface area contributed by atoms with E-state index in [1.54, 1.807) is 12.1 Å². The molecule has 0 unspecified atom stereocenters. The lowest BCUT2D eigenvalue weighted by Gasteiger charge is -2.11. The van der Waals surface area contributed by atoms with Crippen molar-refractivity contribution in [3.05, 3.63) is 45.9 Å². The summed E-state index contributed by atoms with van der Waals surface area (Å²) in [5, 5.41) is 12.5. The van der Waals surface area contributed by atoms with Crippen LogP contribution in [0.4, 0.5) is 13.2 Å². The zero-order valence-corrected chi connectivity index (χ0v) is 16.6. The molecule has 0 saturated carbocycles. The Morgan fingerprint density at radius 1 is 1.32 bits per heavy atom. The zero-order chi connectivity index (χ0) is 20.8. The highest BCUT2D eigenvalue weighted by Crippen LogP contribution is 2.29. The number of thiazole rings is 1. The molecule has 0 atom stereocenters. The molecule has 0 saturated heterocycles. The van der Waals surface area contributed by atoms with Crippen LogP contribution >= 0.6 is 11.3 Å². The van der Waals surface area contributed by atoms with E-state index >= 15 is 0 Å². The Kier molecular flexibility index (Phi) is 7.38. The number of primary sulfonamides is 1. The molecule has 0 bridgehead atoms. The van der Waals surface area contributed by atoms with Crippen molar-refractivity contribution >= 4 is 27.3 Å². The van der Waals surface area contributed by atoms with E-state index in [0.717, 1.165) is 16.7 Å². The summed E-state index contributed by atoms with van der Waals surface area (Å²) in [4.78, 5) is 7.92. The molecule has 1 aromatic carbocycles. The van der Waals surface area contributed by atoms with Crippen LogP contribution in [0.25, 0.3) is 0 Å². The molecule has 12 heteroatoms. The molecule has 0 aliphatic heterocycles. The van der Waals surface area contributed by atoms with Gasteiger partial charge in [-0.05, 0) is 24.6 Å².